The van der Waals surface area contributed by atoms with Crippen molar-refractivity contribution in [2.45, 2.75) is 45.6 Å². The van der Waals surface area contributed by atoms with Gasteiger partial charge in [0.2, 0.25) is 0 Å². The number of hydrogen-bond donors (Lipinski definition) is 1. The smallest absolute Gasteiger partial charge is 0.123 e. The molecule has 15 heavy (non-hydrogen) atoms. The van der Waals surface area contributed by atoms with Gasteiger partial charge in [0, 0.05) is 6.42 Å². The maximum absolute atomic E-state index is 13.0. The van der Waals surface area contributed by atoms with Crippen molar-refractivity contribution in [3.63, 3.8) is 0 Å². The van der Waals surface area contributed by atoms with E-state index in [0.717, 1.165) is 11.1 Å². The van der Waals surface area contributed by atoms with Gasteiger partial charge in [-0.25, -0.2) is 4.39 Å². The molecule has 0 aromatic heterocycles. The Balaban J connectivity index is 2.92. The monoisotopic (exact) mass is 210 g/mol. The molecule has 1 N–H and O–H groups in total. The Labute approximate surface area is 90.9 Å². The average molecular weight is 210 g/mol. The lowest BCUT2D eigenvalue weighted by Gasteiger charge is -2.26. The highest BCUT2D eigenvalue weighted by Gasteiger charge is 2.23. The van der Waals surface area contributed by atoms with E-state index in [1.807, 2.05) is 20.8 Å². The summed E-state index contributed by atoms with van der Waals surface area (Å²) in [7, 11) is 0. The number of aliphatic hydroxyl groups is 1. The average Bonchev–Trinajstić information content (AvgIpc) is 2.23. The Morgan fingerprint density at radius 1 is 1.27 bits per heavy atom. The Hall–Kier alpha value is -0.890. The second-order valence-electron chi connectivity index (χ2n) is 4.18. The van der Waals surface area contributed by atoms with Crippen molar-refractivity contribution in [1.29, 1.82) is 0 Å². The fourth-order valence-electron chi connectivity index (χ4n) is 1.69. The molecule has 0 atom stereocenters. The molecule has 0 amide bonds. The summed E-state index contributed by atoms with van der Waals surface area (Å²) in [6, 6.07) is 4.73. The van der Waals surface area contributed by atoms with Crippen LogP contribution in [0.2, 0.25) is 0 Å². The van der Waals surface area contributed by atoms with Crippen LogP contribution in [0.5, 0.6) is 0 Å². The third-order valence-corrected chi connectivity index (χ3v) is 3.15. The maximum Gasteiger partial charge on any atom is 0.123 e. The normalized spacial score (nSPS) is 11.8. The van der Waals surface area contributed by atoms with Gasteiger partial charge in [-0.2, -0.15) is 0 Å². The van der Waals surface area contributed by atoms with Crippen LogP contribution in [0.3, 0.4) is 0 Å². The van der Waals surface area contributed by atoms with E-state index in [1.54, 1.807) is 6.07 Å². The first-order valence-corrected chi connectivity index (χ1v) is 5.48. The van der Waals surface area contributed by atoms with Crippen molar-refractivity contribution in [2.75, 3.05) is 0 Å². The van der Waals surface area contributed by atoms with Gasteiger partial charge < -0.3 is 5.11 Å². The molecular formula is C13H19FO. The number of halogens is 1. The fourth-order valence-corrected chi connectivity index (χ4v) is 1.69. The molecule has 0 unspecified atom stereocenters. The molecule has 0 radical (unpaired) electrons. The maximum atomic E-state index is 13.0. The van der Waals surface area contributed by atoms with Gasteiger partial charge in [0.25, 0.3) is 0 Å². The molecule has 0 spiro atoms. The van der Waals surface area contributed by atoms with Crippen LogP contribution in [0, 0.1) is 12.7 Å². The van der Waals surface area contributed by atoms with Crippen LogP contribution in [-0.2, 0) is 6.42 Å². The summed E-state index contributed by atoms with van der Waals surface area (Å²) in [5, 5.41) is 10.2. The lowest BCUT2D eigenvalue weighted by molar-refractivity contribution is 0.0324. The molecule has 84 valence electrons. The minimum absolute atomic E-state index is 0.231. The van der Waals surface area contributed by atoms with Gasteiger partial charge >= 0.3 is 0 Å². The number of rotatable bonds is 4. The molecule has 2 heteroatoms. The highest BCUT2D eigenvalue weighted by atomic mass is 19.1. The van der Waals surface area contributed by atoms with E-state index in [-0.39, 0.29) is 5.82 Å². The van der Waals surface area contributed by atoms with Crippen LogP contribution in [0.15, 0.2) is 18.2 Å². The summed E-state index contributed by atoms with van der Waals surface area (Å²) in [5.41, 5.74) is 1.25. The fraction of sp³-hybridized carbons (Fsp3) is 0.538. The topological polar surface area (TPSA) is 20.2 Å². The minimum Gasteiger partial charge on any atom is -0.390 e. The summed E-state index contributed by atoms with van der Waals surface area (Å²) in [4.78, 5) is 0. The molecule has 0 saturated heterocycles. The molecule has 0 saturated carbocycles. The Morgan fingerprint density at radius 2 is 1.87 bits per heavy atom. The summed E-state index contributed by atoms with van der Waals surface area (Å²) in [6.07, 6.45) is 1.92. The van der Waals surface area contributed by atoms with Crippen molar-refractivity contribution < 1.29 is 9.50 Å². The molecule has 0 heterocycles. The van der Waals surface area contributed by atoms with Crippen LogP contribution in [0.4, 0.5) is 4.39 Å². The van der Waals surface area contributed by atoms with Crippen LogP contribution >= 0.6 is 0 Å². The van der Waals surface area contributed by atoms with E-state index in [9.17, 15) is 9.50 Å². The third-order valence-electron chi connectivity index (χ3n) is 3.15. The van der Waals surface area contributed by atoms with E-state index >= 15 is 0 Å². The first kappa shape index (κ1) is 12.2. The quantitative estimate of drug-likeness (QED) is 0.809. The van der Waals surface area contributed by atoms with Crippen molar-refractivity contribution in [1.82, 2.24) is 0 Å². The van der Waals surface area contributed by atoms with E-state index in [1.165, 1.54) is 12.1 Å². The second kappa shape index (κ2) is 4.75. The van der Waals surface area contributed by atoms with Crippen LogP contribution in [-0.4, -0.2) is 10.7 Å². The highest BCUT2D eigenvalue weighted by molar-refractivity contribution is 5.28. The van der Waals surface area contributed by atoms with Crippen molar-refractivity contribution in [3.05, 3.63) is 35.1 Å². The summed E-state index contributed by atoms with van der Waals surface area (Å²) >= 11 is 0. The van der Waals surface area contributed by atoms with E-state index in [4.69, 9.17) is 0 Å². The molecule has 0 aliphatic rings. The van der Waals surface area contributed by atoms with Crippen molar-refractivity contribution in [2.24, 2.45) is 0 Å². The van der Waals surface area contributed by atoms with Gasteiger partial charge in [0.1, 0.15) is 5.82 Å². The first-order valence-electron chi connectivity index (χ1n) is 5.48. The van der Waals surface area contributed by atoms with Gasteiger partial charge in [0.05, 0.1) is 5.60 Å². The molecule has 1 nitrogen and oxygen atoms in total. The zero-order chi connectivity index (χ0) is 11.5. The predicted octanol–water partition coefficient (Wildman–Crippen LogP) is 3.23. The standard InChI is InChI=1S/C13H19FO/c1-4-13(15,5-2)9-11-8-12(14)7-6-10(11)3/h6-8,15H,4-5,9H2,1-3H3. The number of hydrogen-bond acceptors (Lipinski definition) is 1. The van der Waals surface area contributed by atoms with Gasteiger partial charge in [-0.3, -0.25) is 0 Å². The molecule has 1 rings (SSSR count). The Bertz CT molecular complexity index is 329. The van der Waals surface area contributed by atoms with Crippen LogP contribution in [0.1, 0.15) is 37.8 Å². The Kier molecular flexibility index (Phi) is 3.86. The minimum atomic E-state index is -0.696. The second-order valence-corrected chi connectivity index (χ2v) is 4.18. The van der Waals surface area contributed by atoms with Gasteiger partial charge in [-0.1, -0.05) is 19.9 Å². The number of benzene rings is 1. The van der Waals surface area contributed by atoms with Gasteiger partial charge in [-0.15, -0.1) is 0 Å². The number of aryl methyl sites for hydroxylation is 1. The molecule has 0 aliphatic heterocycles. The molecule has 1 aromatic carbocycles. The SMILES string of the molecule is CCC(O)(CC)Cc1cc(F)ccc1C. The zero-order valence-corrected chi connectivity index (χ0v) is 9.68. The molecular weight excluding hydrogens is 191 g/mol. The summed E-state index contributed by atoms with van der Waals surface area (Å²) < 4.78 is 13.0. The molecule has 1 aromatic rings. The van der Waals surface area contributed by atoms with Crippen LogP contribution < -0.4 is 0 Å². The van der Waals surface area contributed by atoms with E-state index in [2.05, 4.69) is 0 Å². The lowest BCUT2D eigenvalue weighted by atomic mass is 9.88. The van der Waals surface area contributed by atoms with Crippen molar-refractivity contribution in [3.8, 4) is 0 Å². The zero-order valence-electron chi connectivity index (χ0n) is 9.68. The predicted molar refractivity (Wildman–Crippen MR) is 60.4 cm³/mol. The van der Waals surface area contributed by atoms with Crippen LogP contribution in [0.25, 0.3) is 0 Å². The van der Waals surface area contributed by atoms with Gasteiger partial charge in [0.15, 0.2) is 0 Å². The van der Waals surface area contributed by atoms with E-state index in [0.29, 0.717) is 19.3 Å². The summed E-state index contributed by atoms with van der Waals surface area (Å²) in [5.74, 6) is -0.231. The largest absolute Gasteiger partial charge is 0.390 e. The molecule has 0 bridgehead atoms. The molecule has 0 aliphatic carbocycles. The molecule has 0 fully saturated rings. The van der Waals surface area contributed by atoms with E-state index < -0.39 is 5.60 Å². The van der Waals surface area contributed by atoms with Gasteiger partial charge in [-0.05, 0) is 43.0 Å². The van der Waals surface area contributed by atoms with Crippen molar-refractivity contribution >= 4 is 0 Å². The Morgan fingerprint density at radius 3 is 2.40 bits per heavy atom. The highest BCUT2D eigenvalue weighted by Crippen LogP contribution is 2.23. The lowest BCUT2D eigenvalue weighted by Crippen LogP contribution is -2.29. The first-order chi connectivity index (χ1) is 7.00. The summed E-state index contributed by atoms with van der Waals surface area (Å²) in [6.45, 7) is 5.86. The third kappa shape index (κ3) is 3.03.